The highest BCUT2D eigenvalue weighted by Gasteiger charge is 2.26. The molecule has 1 aliphatic carbocycles. The van der Waals surface area contributed by atoms with Crippen LogP contribution in [0.4, 0.5) is 0 Å². The summed E-state index contributed by atoms with van der Waals surface area (Å²) < 4.78 is 0. The van der Waals surface area contributed by atoms with Gasteiger partial charge in [-0.25, -0.2) is 9.97 Å². The van der Waals surface area contributed by atoms with E-state index in [0.717, 1.165) is 17.3 Å². The number of aromatic nitrogens is 3. The van der Waals surface area contributed by atoms with Gasteiger partial charge in [-0.3, -0.25) is 0 Å². The standard InChI is InChI=1S/C9H9N3S/c1-2-6(1)9-12-8(4-13-9)7-3-10-5-11-7/h3-6H,1-2H2,(H,10,11). The molecule has 1 fully saturated rings. The maximum atomic E-state index is 4.56. The largest absolute Gasteiger partial charge is 0.343 e. The van der Waals surface area contributed by atoms with E-state index >= 15 is 0 Å². The highest BCUT2D eigenvalue weighted by Crippen LogP contribution is 2.42. The first kappa shape index (κ1) is 7.26. The molecule has 1 aliphatic rings. The maximum Gasteiger partial charge on any atom is 0.0993 e. The SMILES string of the molecule is c1ncc(-c2csc(C3CC3)n2)[nH]1. The minimum absolute atomic E-state index is 0.752. The van der Waals surface area contributed by atoms with Crippen LogP contribution in [-0.4, -0.2) is 15.0 Å². The molecule has 1 N–H and O–H groups in total. The van der Waals surface area contributed by atoms with Gasteiger partial charge in [0.2, 0.25) is 0 Å². The van der Waals surface area contributed by atoms with E-state index in [-0.39, 0.29) is 0 Å². The van der Waals surface area contributed by atoms with Gasteiger partial charge in [-0.2, -0.15) is 0 Å². The molecule has 0 unspecified atom stereocenters. The Morgan fingerprint density at radius 1 is 1.46 bits per heavy atom. The molecule has 2 aromatic rings. The number of imidazole rings is 1. The van der Waals surface area contributed by atoms with Crippen LogP contribution in [0.1, 0.15) is 23.8 Å². The third kappa shape index (κ3) is 1.27. The van der Waals surface area contributed by atoms with Crippen molar-refractivity contribution in [1.29, 1.82) is 0 Å². The van der Waals surface area contributed by atoms with E-state index in [2.05, 4.69) is 20.3 Å². The number of thiazole rings is 1. The molecule has 0 radical (unpaired) electrons. The lowest BCUT2D eigenvalue weighted by Crippen LogP contribution is -1.79. The topological polar surface area (TPSA) is 41.6 Å². The molecule has 1 saturated carbocycles. The van der Waals surface area contributed by atoms with Crippen LogP contribution in [0.3, 0.4) is 0 Å². The first-order chi connectivity index (χ1) is 6.43. The van der Waals surface area contributed by atoms with E-state index in [1.807, 2.05) is 6.20 Å². The molecule has 3 rings (SSSR count). The number of nitrogens with one attached hydrogen (secondary N) is 1. The van der Waals surface area contributed by atoms with Crippen LogP contribution < -0.4 is 0 Å². The van der Waals surface area contributed by atoms with Crippen molar-refractivity contribution in [3.63, 3.8) is 0 Å². The van der Waals surface area contributed by atoms with Crippen LogP contribution in [-0.2, 0) is 0 Å². The van der Waals surface area contributed by atoms with Crippen molar-refractivity contribution in [3.05, 3.63) is 22.9 Å². The van der Waals surface area contributed by atoms with Crippen molar-refractivity contribution >= 4 is 11.3 Å². The fourth-order valence-electron chi connectivity index (χ4n) is 1.33. The third-order valence-corrected chi connectivity index (χ3v) is 3.23. The van der Waals surface area contributed by atoms with Gasteiger partial charge in [0.1, 0.15) is 0 Å². The Labute approximate surface area is 79.9 Å². The molecule has 2 heterocycles. The van der Waals surface area contributed by atoms with Crippen molar-refractivity contribution < 1.29 is 0 Å². The number of rotatable bonds is 2. The Morgan fingerprint density at radius 2 is 2.38 bits per heavy atom. The van der Waals surface area contributed by atoms with Crippen molar-refractivity contribution in [2.24, 2.45) is 0 Å². The molecule has 2 aromatic heterocycles. The van der Waals surface area contributed by atoms with Gasteiger partial charge < -0.3 is 4.98 Å². The zero-order valence-corrected chi connectivity index (χ0v) is 7.84. The normalized spacial score (nSPS) is 16.3. The highest BCUT2D eigenvalue weighted by atomic mass is 32.1. The van der Waals surface area contributed by atoms with Crippen LogP contribution in [0.25, 0.3) is 11.4 Å². The second-order valence-corrected chi connectivity index (χ2v) is 4.20. The second kappa shape index (κ2) is 2.67. The lowest BCUT2D eigenvalue weighted by Gasteiger charge is -1.88. The number of H-pyrrole nitrogens is 1. The van der Waals surface area contributed by atoms with Gasteiger partial charge >= 0.3 is 0 Å². The summed E-state index contributed by atoms with van der Waals surface area (Å²) in [5.74, 6) is 0.752. The molecular formula is C9H9N3S. The Bertz CT molecular complexity index is 400. The van der Waals surface area contributed by atoms with Gasteiger partial charge in [-0.1, -0.05) is 0 Å². The number of nitrogens with zero attached hydrogens (tertiary/aromatic N) is 2. The molecule has 3 nitrogen and oxygen atoms in total. The fraction of sp³-hybridized carbons (Fsp3) is 0.333. The average molecular weight is 191 g/mol. The number of hydrogen-bond donors (Lipinski definition) is 1. The van der Waals surface area contributed by atoms with E-state index < -0.39 is 0 Å². The zero-order chi connectivity index (χ0) is 8.67. The van der Waals surface area contributed by atoms with Gasteiger partial charge in [0, 0.05) is 11.3 Å². The molecule has 0 amide bonds. The zero-order valence-electron chi connectivity index (χ0n) is 7.03. The van der Waals surface area contributed by atoms with Crippen molar-refractivity contribution in [2.75, 3.05) is 0 Å². The summed E-state index contributed by atoms with van der Waals surface area (Å²) in [6.45, 7) is 0. The molecule has 0 aliphatic heterocycles. The van der Waals surface area contributed by atoms with Crippen LogP contribution in [0.2, 0.25) is 0 Å². The fourth-order valence-corrected chi connectivity index (χ4v) is 2.32. The van der Waals surface area contributed by atoms with Crippen LogP contribution >= 0.6 is 11.3 Å². The Kier molecular flexibility index (Phi) is 1.49. The summed E-state index contributed by atoms with van der Waals surface area (Å²) in [7, 11) is 0. The monoisotopic (exact) mass is 191 g/mol. The van der Waals surface area contributed by atoms with Crippen molar-refractivity contribution in [1.82, 2.24) is 15.0 Å². The summed E-state index contributed by atoms with van der Waals surface area (Å²) in [5.41, 5.74) is 2.05. The summed E-state index contributed by atoms with van der Waals surface area (Å²) in [6.07, 6.45) is 6.13. The molecular weight excluding hydrogens is 182 g/mol. The highest BCUT2D eigenvalue weighted by molar-refractivity contribution is 7.10. The van der Waals surface area contributed by atoms with Crippen LogP contribution in [0, 0.1) is 0 Å². The van der Waals surface area contributed by atoms with Crippen LogP contribution in [0.5, 0.6) is 0 Å². The van der Waals surface area contributed by atoms with Gasteiger partial charge in [0.15, 0.2) is 0 Å². The lowest BCUT2D eigenvalue weighted by molar-refractivity contribution is 1.08. The first-order valence-corrected chi connectivity index (χ1v) is 5.25. The van der Waals surface area contributed by atoms with E-state index in [4.69, 9.17) is 0 Å². The quantitative estimate of drug-likeness (QED) is 0.792. The molecule has 0 bridgehead atoms. The Balaban J connectivity index is 1.97. The lowest BCUT2D eigenvalue weighted by atomic mass is 10.4. The average Bonchev–Trinajstić information content (AvgIpc) is 2.72. The molecule has 4 heteroatoms. The summed E-state index contributed by atoms with van der Waals surface area (Å²) in [6, 6.07) is 0. The van der Waals surface area contributed by atoms with Gasteiger partial charge in [0.25, 0.3) is 0 Å². The van der Waals surface area contributed by atoms with Gasteiger partial charge in [0.05, 0.1) is 28.9 Å². The summed E-state index contributed by atoms with van der Waals surface area (Å²) in [4.78, 5) is 11.6. The van der Waals surface area contributed by atoms with E-state index in [1.54, 1.807) is 17.7 Å². The summed E-state index contributed by atoms with van der Waals surface area (Å²) >= 11 is 1.76. The smallest absolute Gasteiger partial charge is 0.0993 e. The van der Waals surface area contributed by atoms with E-state index in [0.29, 0.717) is 0 Å². The van der Waals surface area contributed by atoms with E-state index in [9.17, 15) is 0 Å². The Morgan fingerprint density at radius 3 is 3.08 bits per heavy atom. The van der Waals surface area contributed by atoms with E-state index in [1.165, 1.54) is 17.8 Å². The van der Waals surface area contributed by atoms with Crippen molar-refractivity contribution in [2.45, 2.75) is 18.8 Å². The van der Waals surface area contributed by atoms with Crippen molar-refractivity contribution in [3.8, 4) is 11.4 Å². The molecule has 0 spiro atoms. The number of aromatic amines is 1. The van der Waals surface area contributed by atoms with Gasteiger partial charge in [-0.15, -0.1) is 11.3 Å². The molecule has 0 aromatic carbocycles. The Hall–Kier alpha value is -1.16. The molecule has 13 heavy (non-hydrogen) atoms. The second-order valence-electron chi connectivity index (χ2n) is 3.31. The third-order valence-electron chi connectivity index (χ3n) is 2.22. The van der Waals surface area contributed by atoms with Gasteiger partial charge in [-0.05, 0) is 12.8 Å². The molecule has 0 saturated heterocycles. The molecule has 66 valence electrons. The van der Waals surface area contributed by atoms with Crippen LogP contribution in [0.15, 0.2) is 17.9 Å². The predicted molar refractivity (Wildman–Crippen MR) is 51.7 cm³/mol. The number of hydrogen-bond acceptors (Lipinski definition) is 3. The minimum atomic E-state index is 0.752. The first-order valence-electron chi connectivity index (χ1n) is 4.37. The molecule has 0 atom stereocenters. The minimum Gasteiger partial charge on any atom is -0.343 e. The predicted octanol–water partition coefficient (Wildman–Crippen LogP) is 2.41. The summed E-state index contributed by atoms with van der Waals surface area (Å²) in [5, 5.41) is 3.38. The maximum absolute atomic E-state index is 4.56.